The third-order valence-electron chi connectivity index (χ3n) is 3.66. The first-order valence-corrected chi connectivity index (χ1v) is 10.6. The van der Waals surface area contributed by atoms with Gasteiger partial charge in [-0.1, -0.05) is 17.7 Å². The van der Waals surface area contributed by atoms with Crippen molar-refractivity contribution in [2.75, 3.05) is 18.6 Å². The normalized spacial score (nSPS) is 13.3. The first-order valence-electron chi connectivity index (χ1n) is 8.57. The SMILES string of the molecule is CCNC(=O)[C@H](C)OC(=O)[C@H](CCS(C)(=O)=O)NC(=O)c1cccc(C)c1. The van der Waals surface area contributed by atoms with E-state index in [4.69, 9.17) is 4.74 Å². The molecule has 0 spiro atoms. The van der Waals surface area contributed by atoms with Crippen LogP contribution in [0.15, 0.2) is 24.3 Å². The molecule has 0 aliphatic rings. The Morgan fingerprint density at radius 3 is 2.44 bits per heavy atom. The van der Waals surface area contributed by atoms with Gasteiger partial charge in [-0.2, -0.15) is 0 Å². The monoisotopic (exact) mass is 398 g/mol. The molecule has 0 aliphatic carbocycles. The third kappa shape index (κ3) is 8.21. The molecule has 2 amide bonds. The second-order valence-electron chi connectivity index (χ2n) is 6.29. The van der Waals surface area contributed by atoms with Gasteiger partial charge in [-0.15, -0.1) is 0 Å². The Balaban J connectivity index is 2.89. The maximum absolute atomic E-state index is 12.4. The number of hydrogen-bond donors (Lipinski definition) is 2. The van der Waals surface area contributed by atoms with Crippen LogP contribution in [0.3, 0.4) is 0 Å². The molecular formula is C18H26N2O6S. The molecule has 0 saturated carbocycles. The Morgan fingerprint density at radius 2 is 1.89 bits per heavy atom. The number of likely N-dealkylation sites (N-methyl/N-ethyl adjacent to an activating group) is 1. The zero-order valence-electron chi connectivity index (χ0n) is 15.9. The van der Waals surface area contributed by atoms with Crippen molar-refractivity contribution in [3.63, 3.8) is 0 Å². The zero-order valence-corrected chi connectivity index (χ0v) is 16.8. The Bertz CT molecular complexity index is 791. The standard InChI is InChI=1S/C18H26N2O6S/c1-5-19-16(21)13(3)26-18(23)15(9-10-27(4,24)25)20-17(22)14-8-6-7-12(2)11-14/h6-8,11,13,15H,5,9-10H2,1-4H3,(H,19,21)(H,20,22)/t13-,15-/m0/s1. The van der Waals surface area contributed by atoms with Gasteiger partial charge in [0.05, 0.1) is 5.75 Å². The van der Waals surface area contributed by atoms with Crippen LogP contribution in [0.5, 0.6) is 0 Å². The highest BCUT2D eigenvalue weighted by Gasteiger charge is 2.27. The van der Waals surface area contributed by atoms with Gasteiger partial charge in [-0.3, -0.25) is 9.59 Å². The van der Waals surface area contributed by atoms with Crippen molar-refractivity contribution < 1.29 is 27.5 Å². The molecule has 9 heteroatoms. The number of rotatable bonds is 9. The lowest BCUT2D eigenvalue weighted by molar-refractivity contribution is -0.156. The smallest absolute Gasteiger partial charge is 0.329 e. The van der Waals surface area contributed by atoms with Crippen LogP contribution in [0.2, 0.25) is 0 Å². The molecule has 1 aromatic rings. The molecule has 0 saturated heterocycles. The fourth-order valence-corrected chi connectivity index (χ4v) is 2.90. The zero-order chi connectivity index (χ0) is 20.6. The number of sulfone groups is 1. The summed E-state index contributed by atoms with van der Waals surface area (Å²) in [5.41, 5.74) is 1.20. The number of carbonyl (C=O) groups excluding carboxylic acids is 3. The molecule has 0 fully saturated rings. The van der Waals surface area contributed by atoms with E-state index < -0.39 is 39.8 Å². The quantitative estimate of drug-likeness (QED) is 0.588. The average Bonchev–Trinajstić information content (AvgIpc) is 2.57. The number of nitrogens with one attached hydrogen (secondary N) is 2. The molecule has 150 valence electrons. The van der Waals surface area contributed by atoms with E-state index in [0.717, 1.165) is 11.8 Å². The van der Waals surface area contributed by atoms with E-state index in [1.807, 2.05) is 13.0 Å². The Kier molecular flexibility index (Phi) is 8.42. The van der Waals surface area contributed by atoms with Crippen molar-refractivity contribution in [1.82, 2.24) is 10.6 Å². The van der Waals surface area contributed by atoms with Crippen LogP contribution in [0.4, 0.5) is 0 Å². The maximum Gasteiger partial charge on any atom is 0.329 e. The second kappa shape index (κ2) is 10.1. The van der Waals surface area contributed by atoms with Gasteiger partial charge in [0.1, 0.15) is 15.9 Å². The van der Waals surface area contributed by atoms with E-state index in [9.17, 15) is 22.8 Å². The summed E-state index contributed by atoms with van der Waals surface area (Å²) in [7, 11) is -3.35. The highest BCUT2D eigenvalue weighted by molar-refractivity contribution is 7.90. The number of aryl methyl sites for hydroxylation is 1. The molecular weight excluding hydrogens is 372 g/mol. The topological polar surface area (TPSA) is 119 Å². The van der Waals surface area contributed by atoms with E-state index in [1.54, 1.807) is 25.1 Å². The van der Waals surface area contributed by atoms with Gasteiger partial charge in [0.25, 0.3) is 11.8 Å². The highest BCUT2D eigenvalue weighted by Crippen LogP contribution is 2.07. The Labute approximate surface area is 159 Å². The van der Waals surface area contributed by atoms with Crippen molar-refractivity contribution in [2.45, 2.75) is 39.3 Å². The third-order valence-corrected chi connectivity index (χ3v) is 4.64. The molecule has 0 aliphatic heterocycles. The lowest BCUT2D eigenvalue weighted by Gasteiger charge is -2.20. The van der Waals surface area contributed by atoms with Crippen molar-refractivity contribution in [3.05, 3.63) is 35.4 Å². The maximum atomic E-state index is 12.4. The van der Waals surface area contributed by atoms with Gasteiger partial charge >= 0.3 is 5.97 Å². The van der Waals surface area contributed by atoms with Gasteiger partial charge < -0.3 is 15.4 Å². The number of amides is 2. The van der Waals surface area contributed by atoms with Gasteiger partial charge in [0, 0.05) is 18.4 Å². The predicted octanol–water partition coefficient (Wildman–Crippen LogP) is 0.596. The van der Waals surface area contributed by atoms with E-state index in [0.29, 0.717) is 12.1 Å². The number of ether oxygens (including phenoxy) is 1. The summed E-state index contributed by atoms with van der Waals surface area (Å²) >= 11 is 0. The summed E-state index contributed by atoms with van der Waals surface area (Å²) in [6, 6.07) is 5.56. The van der Waals surface area contributed by atoms with Gasteiger partial charge in [0.2, 0.25) is 0 Å². The molecule has 8 nitrogen and oxygen atoms in total. The number of benzene rings is 1. The summed E-state index contributed by atoms with van der Waals surface area (Å²) < 4.78 is 28.0. The molecule has 2 N–H and O–H groups in total. The second-order valence-corrected chi connectivity index (χ2v) is 8.55. The van der Waals surface area contributed by atoms with Crippen LogP contribution in [0, 0.1) is 6.92 Å². The van der Waals surface area contributed by atoms with Gasteiger partial charge in [0.15, 0.2) is 6.10 Å². The Morgan fingerprint density at radius 1 is 1.22 bits per heavy atom. The summed E-state index contributed by atoms with van der Waals surface area (Å²) in [5.74, 6) is -2.17. The van der Waals surface area contributed by atoms with Crippen molar-refractivity contribution in [1.29, 1.82) is 0 Å². The molecule has 0 aromatic heterocycles. The molecule has 0 bridgehead atoms. The molecule has 27 heavy (non-hydrogen) atoms. The van der Waals surface area contributed by atoms with Crippen molar-refractivity contribution in [3.8, 4) is 0 Å². The minimum atomic E-state index is -3.35. The van der Waals surface area contributed by atoms with E-state index in [1.165, 1.54) is 6.92 Å². The van der Waals surface area contributed by atoms with Crippen molar-refractivity contribution in [2.24, 2.45) is 0 Å². The van der Waals surface area contributed by atoms with Crippen LogP contribution in [0.1, 0.15) is 36.2 Å². The molecule has 0 radical (unpaired) electrons. The first-order chi connectivity index (χ1) is 12.5. The molecule has 0 heterocycles. The average molecular weight is 398 g/mol. The first kappa shape index (κ1) is 22.6. The Hall–Kier alpha value is -2.42. The van der Waals surface area contributed by atoms with E-state index >= 15 is 0 Å². The minimum absolute atomic E-state index is 0.155. The van der Waals surface area contributed by atoms with Crippen LogP contribution < -0.4 is 10.6 Å². The summed E-state index contributed by atoms with van der Waals surface area (Å²) in [6.45, 7) is 5.32. The van der Waals surface area contributed by atoms with E-state index in [2.05, 4.69) is 10.6 Å². The predicted molar refractivity (Wildman–Crippen MR) is 101 cm³/mol. The largest absolute Gasteiger partial charge is 0.451 e. The minimum Gasteiger partial charge on any atom is -0.451 e. The molecule has 0 unspecified atom stereocenters. The highest BCUT2D eigenvalue weighted by atomic mass is 32.2. The molecule has 1 aromatic carbocycles. The van der Waals surface area contributed by atoms with Crippen LogP contribution in [-0.4, -0.2) is 56.9 Å². The van der Waals surface area contributed by atoms with Gasteiger partial charge in [-0.05, 0) is 39.3 Å². The number of hydrogen-bond acceptors (Lipinski definition) is 6. The molecule has 2 atom stereocenters. The fourth-order valence-electron chi connectivity index (χ4n) is 2.24. The fraction of sp³-hybridized carbons (Fsp3) is 0.500. The van der Waals surface area contributed by atoms with Crippen molar-refractivity contribution >= 4 is 27.6 Å². The van der Waals surface area contributed by atoms with Gasteiger partial charge in [-0.25, -0.2) is 13.2 Å². The summed E-state index contributed by atoms with van der Waals surface area (Å²) in [6.07, 6.45) is -0.180. The number of esters is 1. The summed E-state index contributed by atoms with van der Waals surface area (Å²) in [5, 5.41) is 5.02. The lowest BCUT2D eigenvalue weighted by Crippen LogP contribution is -2.45. The van der Waals surface area contributed by atoms with Crippen LogP contribution >= 0.6 is 0 Å². The van der Waals surface area contributed by atoms with Crippen LogP contribution in [-0.2, 0) is 24.2 Å². The summed E-state index contributed by atoms with van der Waals surface area (Å²) in [4.78, 5) is 36.5. The van der Waals surface area contributed by atoms with E-state index in [-0.39, 0.29) is 12.2 Å². The molecule has 1 rings (SSSR count). The lowest BCUT2D eigenvalue weighted by atomic mass is 10.1. The van der Waals surface area contributed by atoms with Crippen LogP contribution in [0.25, 0.3) is 0 Å². The number of carbonyl (C=O) groups is 3.